The Labute approximate surface area is 80.9 Å². The molecule has 0 unspecified atom stereocenters. The lowest BCUT2D eigenvalue weighted by atomic mass is 10.4. The van der Waals surface area contributed by atoms with E-state index < -0.39 is 5.97 Å². The predicted molar refractivity (Wildman–Crippen MR) is 50.1 cm³/mol. The van der Waals surface area contributed by atoms with Gasteiger partial charge >= 0.3 is 5.97 Å². The van der Waals surface area contributed by atoms with Crippen molar-refractivity contribution in [3.05, 3.63) is 17.3 Å². The fourth-order valence-electron chi connectivity index (χ4n) is 0.792. The van der Waals surface area contributed by atoms with Crippen LogP contribution in [0.1, 0.15) is 6.92 Å². The van der Waals surface area contributed by atoms with Gasteiger partial charge in [0.25, 0.3) is 0 Å². The second-order valence-corrected chi connectivity index (χ2v) is 2.69. The maximum Gasteiger partial charge on any atom is 0.308 e. The summed E-state index contributed by atoms with van der Waals surface area (Å²) in [5.74, 6) is 0.481. The number of esters is 1. The van der Waals surface area contributed by atoms with Crippen LogP contribution in [0, 0.1) is 0 Å². The van der Waals surface area contributed by atoms with Crippen molar-refractivity contribution >= 4 is 23.4 Å². The molecule has 1 N–H and O–H groups in total. The van der Waals surface area contributed by atoms with Gasteiger partial charge in [-0.05, 0) is 12.1 Å². The van der Waals surface area contributed by atoms with Crippen molar-refractivity contribution in [3.63, 3.8) is 0 Å². The Kier molecular flexibility index (Phi) is 3.08. The van der Waals surface area contributed by atoms with Crippen LogP contribution in [0.15, 0.2) is 12.1 Å². The van der Waals surface area contributed by atoms with Gasteiger partial charge in [-0.2, -0.15) is 0 Å². The molecule has 1 aromatic heterocycles. The Bertz CT molecular complexity index is 328. The average molecular weight is 201 g/mol. The highest BCUT2D eigenvalue weighted by Gasteiger charge is 2.05. The third-order valence-electron chi connectivity index (χ3n) is 1.32. The minimum atomic E-state index is -0.416. The van der Waals surface area contributed by atoms with Crippen LogP contribution >= 0.6 is 11.6 Å². The summed E-state index contributed by atoms with van der Waals surface area (Å²) < 4.78 is 4.78. The summed E-state index contributed by atoms with van der Waals surface area (Å²) in [5.41, 5.74) is 0. The molecule has 4 nitrogen and oxygen atoms in total. The van der Waals surface area contributed by atoms with Gasteiger partial charge in [-0.1, -0.05) is 11.6 Å². The maximum absolute atomic E-state index is 10.6. The van der Waals surface area contributed by atoms with Crippen LogP contribution < -0.4 is 10.1 Å². The molecular weight excluding hydrogens is 192 g/mol. The molecule has 0 fully saturated rings. The molecule has 70 valence electrons. The highest BCUT2D eigenvalue weighted by Crippen LogP contribution is 2.23. The van der Waals surface area contributed by atoms with E-state index in [0.717, 1.165) is 0 Å². The van der Waals surface area contributed by atoms with Crippen LogP contribution in [0.5, 0.6) is 5.75 Å². The molecule has 0 saturated heterocycles. The number of halogens is 1. The van der Waals surface area contributed by atoms with Crippen molar-refractivity contribution < 1.29 is 9.53 Å². The third-order valence-corrected chi connectivity index (χ3v) is 1.60. The largest absolute Gasteiger partial charge is 0.423 e. The Balaban J connectivity index is 2.91. The summed E-state index contributed by atoms with van der Waals surface area (Å²) in [5, 5.41) is 2.98. The second kappa shape index (κ2) is 4.09. The van der Waals surface area contributed by atoms with E-state index in [4.69, 9.17) is 16.3 Å². The van der Waals surface area contributed by atoms with E-state index in [1.54, 1.807) is 19.2 Å². The fourth-order valence-corrected chi connectivity index (χ4v) is 0.984. The maximum atomic E-state index is 10.6. The monoisotopic (exact) mass is 200 g/mol. The van der Waals surface area contributed by atoms with Crippen LogP contribution in [0.25, 0.3) is 0 Å². The van der Waals surface area contributed by atoms with E-state index in [0.29, 0.717) is 5.82 Å². The van der Waals surface area contributed by atoms with Crippen LogP contribution in [0.2, 0.25) is 5.15 Å². The Morgan fingerprint density at radius 2 is 2.31 bits per heavy atom. The van der Waals surface area contributed by atoms with Crippen LogP contribution in [-0.2, 0) is 4.79 Å². The number of aromatic nitrogens is 1. The molecular formula is C8H9ClN2O2. The molecule has 0 aromatic carbocycles. The molecule has 1 rings (SSSR count). The first-order chi connectivity index (χ1) is 6.13. The van der Waals surface area contributed by atoms with Crippen molar-refractivity contribution in [1.82, 2.24) is 4.98 Å². The third kappa shape index (κ3) is 2.59. The number of hydrogen-bond acceptors (Lipinski definition) is 4. The molecule has 0 amide bonds. The molecule has 0 spiro atoms. The van der Waals surface area contributed by atoms with Gasteiger partial charge in [0.1, 0.15) is 5.82 Å². The van der Waals surface area contributed by atoms with Crippen LogP contribution in [0.3, 0.4) is 0 Å². The van der Waals surface area contributed by atoms with E-state index in [1.165, 1.54) is 6.92 Å². The van der Waals surface area contributed by atoms with Gasteiger partial charge in [-0.3, -0.25) is 4.79 Å². The molecule has 0 bridgehead atoms. The first-order valence-electron chi connectivity index (χ1n) is 3.66. The van der Waals surface area contributed by atoms with Crippen LogP contribution in [0.4, 0.5) is 5.82 Å². The summed E-state index contributed by atoms with van der Waals surface area (Å²) in [6, 6.07) is 3.26. The van der Waals surface area contributed by atoms with E-state index in [2.05, 4.69) is 10.3 Å². The SMILES string of the molecule is CNc1ccc(OC(C)=O)c(Cl)n1. The van der Waals surface area contributed by atoms with Crippen molar-refractivity contribution in [1.29, 1.82) is 0 Å². The topological polar surface area (TPSA) is 51.2 Å². The Hall–Kier alpha value is -1.29. The molecule has 13 heavy (non-hydrogen) atoms. The molecule has 1 aromatic rings. The van der Waals surface area contributed by atoms with Crippen molar-refractivity contribution in [2.24, 2.45) is 0 Å². The molecule has 0 aliphatic heterocycles. The summed E-state index contributed by atoms with van der Waals surface area (Å²) in [6.45, 7) is 1.31. The second-order valence-electron chi connectivity index (χ2n) is 2.33. The number of pyridine rings is 1. The molecule has 0 atom stereocenters. The molecule has 0 radical (unpaired) electrons. The number of carbonyl (C=O) groups excluding carboxylic acids is 1. The van der Waals surface area contributed by atoms with Gasteiger partial charge < -0.3 is 10.1 Å². The predicted octanol–water partition coefficient (Wildman–Crippen LogP) is 1.70. The van der Waals surface area contributed by atoms with Crippen molar-refractivity contribution in [2.45, 2.75) is 6.92 Å². The molecule has 1 heterocycles. The Morgan fingerprint density at radius 3 is 2.77 bits per heavy atom. The van der Waals surface area contributed by atoms with Crippen molar-refractivity contribution in [2.75, 3.05) is 12.4 Å². The smallest absolute Gasteiger partial charge is 0.308 e. The lowest BCUT2D eigenvalue weighted by Crippen LogP contribution is -2.03. The van der Waals surface area contributed by atoms with Gasteiger partial charge in [0, 0.05) is 14.0 Å². The fraction of sp³-hybridized carbons (Fsp3) is 0.250. The highest BCUT2D eigenvalue weighted by molar-refractivity contribution is 6.31. The lowest BCUT2D eigenvalue weighted by molar-refractivity contribution is -0.131. The Morgan fingerprint density at radius 1 is 1.62 bits per heavy atom. The number of hydrogen-bond donors (Lipinski definition) is 1. The van der Waals surface area contributed by atoms with E-state index in [-0.39, 0.29) is 10.9 Å². The molecule has 0 aliphatic rings. The first-order valence-corrected chi connectivity index (χ1v) is 4.04. The zero-order chi connectivity index (χ0) is 9.84. The number of nitrogens with one attached hydrogen (secondary N) is 1. The summed E-state index contributed by atoms with van der Waals surface area (Å²) in [7, 11) is 1.73. The average Bonchev–Trinajstić information content (AvgIpc) is 2.08. The molecule has 0 aliphatic carbocycles. The van der Waals surface area contributed by atoms with E-state index >= 15 is 0 Å². The number of nitrogens with zero attached hydrogens (tertiary/aromatic N) is 1. The first kappa shape index (κ1) is 9.80. The number of anilines is 1. The zero-order valence-corrected chi connectivity index (χ0v) is 8.05. The standard InChI is InChI=1S/C8H9ClN2O2/c1-5(12)13-6-3-4-7(10-2)11-8(6)9/h3-4H,1-2H3,(H,10,11). The van der Waals surface area contributed by atoms with Gasteiger partial charge in [-0.25, -0.2) is 4.98 Å². The zero-order valence-electron chi connectivity index (χ0n) is 7.30. The summed E-state index contributed by atoms with van der Waals surface area (Å²) in [6.07, 6.45) is 0. The quantitative estimate of drug-likeness (QED) is 0.583. The number of rotatable bonds is 2. The van der Waals surface area contributed by atoms with Gasteiger partial charge in [-0.15, -0.1) is 0 Å². The molecule has 0 saturated carbocycles. The molecule has 5 heteroatoms. The minimum Gasteiger partial charge on any atom is -0.423 e. The normalized spacial score (nSPS) is 9.46. The summed E-state index contributed by atoms with van der Waals surface area (Å²) in [4.78, 5) is 14.5. The van der Waals surface area contributed by atoms with E-state index in [1.807, 2.05) is 0 Å². The van der Waals surface area contributed by atoms with Crippen molar-refractivity contribution in [3.8, 4) is 5.75 Å². The van der Waals surface area contributed by atoms with Gasteiger partial charge in [0.15, 0.2) is 10.9 Å². The van der Waals surface area contributed by atoms with Crippen LogP contribution in [-0.4, -0.2) is 18.0 Å². The lowest BCUT2D eigenvalue weighted by Gasteiger charge is -2.04. The van der Waals surface area contributed by atoms with E-state index in [9.17, 15) is 4.79 Å². The van der Waals surface area contributed by atoms with Gasteiger partial charge in [0.2, 0.25) is 0 Å². The highest BCUT2D eigenvalue weighted by atomic mass is 35.5. The number of carbonyl (C=O) groups is 1. The summed E-state index contributed by atoms with van der Waals surface area (Å²) >= 11 is 5.72. The van der Waals surface area contributed by atoms with Gasteiger partial charge in [0.05, 0.1) is 0 Å². The number of ether oxygens (including phenoxy) is 1. The minimum absolute atomic E-state index is 0.169.